The van der Waals surface area contributed by atoms with E-state index < -0.39 is 0 Å². The summed E-state index contributed by atoms with van der Waals surface area (Å²) in [5.74, 6) is 1.07. The lowest BCUT2D eigenvalue weighted by molar-refractivity contribution is -0.118. The first kappa shape index (κ1) is 22.4. The molecule has 0 spiro atoms. The lowest BCUT2D eigenvalue weighted by atomic mass is 10.1. The molecule has 0 radical (unpaired) electrons. The molecule has 31 heavy (non-hydrogen) atoms. The van der Waals surface area contributed by atoms with Crippen molar-refractivity contribution in [2.75, 3.05) is 12.9 Å². The summed E-state index contributed by atoms with van der Waals surface area (Å²) in [6.07, 6.45) is 0. The van der Waals surface area contributed by atoms with E-state index in [0.29, 0.717) is 23.2 Å². The minimum absolute atomic E-state index is 0.0459. The minimum atomic E-state index is -0.252. The number of carbonyl (C=O) groups excluding carboxylic acids is 1. The molecule has 0 saturated carbocycles. The molecule has 1 heterocycles. The number of hydrogen-bond acceptors (Lipinski definition) is 7. The van der Waals surface area contributed by atoms with Gasteiger partial charge in [-0.2, -0.15) is 5.10 Å². The van der Waals surface area contributed by atoms with E-state index in [0.717, 1.165) is 17.0 Å². The Bertz CT molecular complexity index is 1090. The molecule has 1 aromatic heterocycles. The van der Waals surface area contributed by atoms with E-state index in [1.165, 1.54) is 30.5 Å². The second-order valence-corrected chi connectivity index (χ2v) is 7.77. The maximum absolute atomic E-state index is 12.3. The summed E-state index contributed by atoms with van der Waals surface area (Å²) in [5.41, 5.74) is 6.04. The summed E-state index contributed by atoms with van der Waals surface area (Å²) in [7, 11) is 1.48. The van der Waals surface area contributed by atoms with Crippen molar-refractivity contribution < 1.29 is 14.6 Å². The number of rotatable bonds is 8. The molecule has 0 unspecified atom stereocenters. The molecule has 0 aliphatic rings. The molecule has 8 nitrogen and oxygen atoms in total. The van der Waals surface area contributed by atoms with E-state index >= 15 is 0 Å². The van der Waals surface area contributed by atoms with Crippen LogP contribution in [-0.4, -0.2) is 44.4 Å². The number of benzene rings is 2. The van der Waals surface area contributed by atoms with Crippen LogP contribution in [0, 0.1) is 6.92 Å². The second kappa shape index (κ2) is 10.1. The number of aryl methyl sites for hydroxylation is 1. The fourth-order valence-corrected chi connectivity index (χ4v) is 3.67. The number of thioether (sulfide) groups is 1. The smallest absolute Gasteiger partial charge is 0.250 e. The van der Waals surface area contributed by atoms with Crippen molar-refractivity contribution >= 4 is 23.4 Å². The SMILES string of the molecule is CCn1c(SCC(=O)NN=C(C)c2ccc(O)c(OC)c2)nnc1-c1ccc(C)cc1. The van der Waals surface area contributed by atoms with Gasteiger partial charge in [0.25, 0.3) is 5.91 Å². The molecule has 9 heteroatoms. The zero-order chi connectivity index (χ0) is 22.4. The zero-order valence-corrected chi connectivity index (χ0v) is 18.7. The molecule has 1 amide bonds. The number of methoxy groups -OCH3 is 1. The van der Waals surface area contributed by atoms with E-state index in [1.807, 2.05) is 42.7 Å². The van der Waals surface area contributed by atoms with E-state index in [4.69, 9.17) is 4.74 Å². The highest BCUT2D eigenvalue weighted by Gasteiger charge is 2.14. The van der Waals surface area contributed by atoms with Gasteiger partial charge in [0.1, 0.15) is 0 Å². The molecule has 162 valence electrons. The number of phenols is 1. The van der Waals surface area contributed by atoms with Crippen molar-refractivity contribution in [2.24, 2.45) is 5.10 Å². The van der Waals surface area contributed by atoms with Crippen LogP contribution in [0.15, 0.2) is 52.7 Å². The van der Waals surface area contributed by atoms with E-state index in [9.17, 15) is 9.90 Å². The lowest BCUT2D eigenvalue weighted by Crippen LogP contribution is -2.21. The Morgan fingerprint density at radius 3 is 2.65 bits per heavy atom. The van der Waals surface area contributed by atoms with E-state index in [1.54, 1.807) is 19.1 Å². The summed E-state index contributed by atoms with van der Waals surface area (Å²) in [5, 5.41) is 23.1. The first-order valence-electron chi connectivity index (χ1n) is 9.76. The first-order chi connectivity index (χ1) is 14.9. The fourth-order valence-electron chi connectivity index (χ4n) is 2.87. The molecule has 0 aliphatic carbocycles. The molecule has 0 bridgehead atoms. The van der Waals surface area contributed by atoms with Crippen LogP contribution in [0.2, 0.25) is 0 Å². The van der Waals surface area contributed by atoms with Gasteiger partial charge >= 0.3 is 0 Å². The van der Waals surface area contributed by atoms with Gasteiger partial charge in [-0.3, -0.25) is 4.79 Å². The Morgan fingerprint density at radius 2 is 1.97 bits per heavy atom. The molecule has 3 aromatic rings. The molecule has 0 atom stereocenters. The Hall–Kier alpha value is -3.33. The Balaban J connectivity index is 1.63. The van der Waals surface area contributed by atoms with Crippen molar-refractivity contribution in [1.82, 2.24) is 20.2 Å². The van der Waals surface area contributed by atoms with E-state index in [2.05, 4.69) is 20.7 Å². The molecular weight excluding hydrogens is 414 g/mol. The number of ether oxygens (including phenoxy) is 1. The van der Waals surface area contributed by atoms with E-state index in [-0.39, 0.29) is 17.4 Å². The van der Waals surface area contributed by atoms with Gasteiger partial charge in [0.15, 0.2) is 22.5 Å². The maximum atomic E-state index is 12.3. The predicted octanol–water partition coefficient (Wildman–Crippen LogP) is 3.62. The average molecular weight is 440 g/mol. The highest BCUT2D eigenvalue weighted by atomic mass is 32.2. The second-order valence-electron chi connectivity index (χ2n) is 6.82. The highest BCUT2D eigenvalue weighted by molar-refractivity contribution is 7.99. The largest absolute Gasteiger partial charge is 0.504 e. The minimum Gasteiger partial charge on any atom is -0.504 e. The van der Waals surface area contributed by atoms with Crippen molar-refractivity contribution in [3.63, 3.8) is 0 Å². The maximum Gasteiger partial charge on any atom is 0.250 e. The summed E-state index contributed by atoms with van der Waals surface area (Å²) >= 11 is 1.31. The zero-order valence-electron chi connectivity index (χ0n) is 17.9. The van der Waals surface area contributed by atoms with Crippen LogP contribution >= 0.6 is 11.8 Å². The molecule has 2 aromatic carbocycles. The van der Waals surface area contributed by atoms with Crippen molar-refractivity contribution in [2.45, 2.75) is 32.5 Å². The lowest BCUT2D eigenvalue weighted by Gasteiger charge is -2.08. The van der Waals surface area contributed by atoms with Crippen molar-refractivity contribution in [1.29, 1.82) is 0 Å². The van der Waals surface area contributed by atoms with Gasteiger partial charge in [-0.1, -0.05) is 41.6 Å². The van der Waals surface area contributed by atoms with Crippen LogP contribution in [0.4, 0.5) is 0 Å². The number of hydrazone groups is 1. The normalized spacial score (nSPS) is 11.4. The van der Waals surface area contributed by atoms with Crippen molar-refractivity contribution in [3.8, 4) is 22.9 Å². The topological polar surface area (TPSA) is 102 Å². The number of nitrogens with one attached hydrogen (secondary N) is 1. The van der Waals surface area contributed by atoms with Gasteiger partial charge < -0.3 is 14.4 Å². The van der Waals surface area contributed by atoms with Gasteiger partial charge in [0.05, 0.1) is 18.6 Å². The van der Waals surface area contributed by atoms with Crippen LogP contribution in [-0.2, 0) is 11.3 Å². The summed E-state index contributed by atoms with van der Waals surface area (Å²) in [6, 6.07) is 13.0. The van der Waals surface area contributed by atoms with Crippen LogP contribution < -0.4 is 10.2 Å². The van der Waals surface area contributed by atoms with Crippen LogP contribution in [0.1, 0.15) is 25.0 Å². The summed E-state index contributed by atoms with van der Waals surface area (Å²) in [4.78, 5) is 12.3. The quantitative estimate of drug-likeness (QED) is 0.316. The number of amides is 1. The average Bonchev–Trinajstić information content (AvgIpc) is 3.19. The first-order valence-corrected chi connectivity index (χ1v) is 10.7. The van der Waals surface area contributed by atoms with Crippen LogP contribution in [0.3, 0.4) is 0 Å². The number of aromatic nitrogens is 3. The molecule has 3 rings (SSSR count). The van der Waals surface area contributed by atoms with Gasteiger partial charge in [0.2, 0.25) is 0 Å². The third kappa shape index (κ3) is 5.43. The predicted molar refractivity (Wildman–Crippen MR) is 122 cm³/mol. The number of aromatic hydroxyl groups is 1. The number of phenolic OH excluding ortho intramolecular Hbond substituents is 1. The number of carbonyl (C=O) groups is 1. The molecule has 0 saturated heterocycles. The Kier molecular flexibility index (Phi) is 7.30. The Morgan fingerprint density at radius 1 is 1.23 bits per heavy atom. The third-order valence-electron chi connectivity index (χ3n) is 4.62. The third-order valence-corrected chi connectivity index (χ3v) is 5.59. The molecule has 0 fully saturated rings. The monoisotopic (exact) mass is 439 g/mol. The Labute approximate surface area is 185 Å². The number of nitrogens with zero attached hydrogens (tertiary/aromatic N) is 4. The molecule has 0 aliphatic heterocycles. The van der Waals surface area contributed by atoms with Gasteiger partial charge in [0, 0.05) is 17.7 Å². The van der Waals surface area contributed by atoms with Crippen molar-refractivity contribution in [3.05, 3.63) is 53.6 Å². The van der Waals surface area contributed by atoms with Gasteiger partial charge in [-0.05, 0) is 39.0 Å². The standard InChI is InChI=1S/C22H25N5O3S/c1-5-27-21(16-8-6-14(2)7-9-16)25-26-22(27)31-13-20(29)24-23-15(3)17-10-11-18(28)19(12-17)30-4/h6-12,28H,5,13H2,1-4H3,(H,24,29). The van der Waals surface area contributed by atoms with Crippen LogP contribution in [0.5, 0.6) is 11.5 Å². The summed E-state index contributed by atoms with van der Waals surface area (Å²) < 4.78 is 7.09. The van der Waals surface area contributed by atoms with Gasteiger partial charge in [-0.25, -0.2) is 5.43 Å². The molecule has 2 N–H and O–H groups in total. The highest BCUT2D eigenvalue weighted by Crippen LogP contribution is 2.26. The molecular formula is C22H25N5O3S. The number of hydrogen-bond donors (Lipinski definition) is 2. The summed E-state index contributed by atoms with van der Waals surface area (Å²) in [6.45, 7) is 6.52. The fraction of sp³-hybridized carbons (Fsp3) is 0.273. The van der Waals surface area contributed by atoms with Crippen LogP contribution in [0.25, 0.3) is 11.4 Å². The van der Waals surface area contributed by atoms with Gasteiger partial charge in [-0.15, -0.1) is 10.2 Å².